The van der Waals surface area contributed by atoms with E-state index in [9.17, 15) is 0 Å². The molecule has 1 saturated heterocycles. The minimum absolute atomic E-state index is 0.807. The van der Waals surface area contributed by atoms with Crippen LogP contribution in [0.4, 0.5) is 0 Å². The predicted octanol–water partition coefficient (Wildman–Crippen LogP) is 0.122. The van der Waals surface area contributed by atoms with Gasteiger partial charge >= 0.3 is 0 Å². The summed E-state index contributed by atoms with van der Waals surface area (Å²) in [6, 6.07) is 0. The van der Waals surface area contributed by atoms with Gasteiger partial charge in [-0.05, 0) is 14.0 Å². The average molecular weight is 249 g/mol. The first-order valence-corrected chi connectivity index (χ1v) is 6.63. The summed E-state index contributed by atoms with van der Waals surface area (Å²) in [7, 11) is 2.19. The molecule has 5 nitrogen and oxygen atoms in total. The Bertz CT molecular complexity index is 343. The van der Waals surface area contributed by atoms with Crippen molar-refractivity contribution >= 4 is 0 Å². The lowest BCUT2D eigenvalue weighted by atomic mass is 10.3. The van der Waals surface area contributed by atoms with Crippen molar-refractivity contribution in [3.05, 3.63) is 23.8 Å². The minimum atomic E-state index is 0.807. The van der Waals surface area contributed by atoms with Gasteiger partial charge in [-0.15, -0.1) is 0 Å². The van der Waals surface area contributed by atoms with Crippen LogP contribution in [0.15, 0.2) is 12.4 Å². The number of nitrogens with zero attached hydrogens (tertiary/aromatic N) is 4. The summed E-state index contributed by atoms with van der Waals surface area (Å²) in [6.45, 7) is 9.63. The monoisotopic (exact) mass is 249 g/mol. The molecular weight excluding hydrogens is 226 g/mol. The lowest BCUT2D eigenvalue weighted by Gasteiger charge is -2.32. The molecule has 0 aliphatic carbocycles. The molecule has 1 aromatic rings. The molecule has 0 unspecified atom stereocenters. The Balaban J connectivity index is 1.60. The Hall–Kier alpha value is -1.04. The molecule has 0 radical (unpaired) electrons. The number of hydrogen-bond donors (Lipinski definition) is 1. The topological polar surface area (TPSA) is 44.3 Å². The van der Waals surface area contributed by atoms with Crippen LogP contribution in [-0.2, 0) is 6.54 Å². The molecule has 1 aromatic heterocycles. The van der Waals surface area contributed by atoms with Gasteiger partial charge in [-0.1, -0.05) is 0 Å². The van der Waals surface area contributed by atoms with Crippen LogP contribution < -0.4 is 5.32 Å². The van der Waals surface area contributed by atoms with Crippen molar-refractivity contribution < 1.29 is 0 Å². The molecule has 18 heavy (non-hydrogen) atoms. The number of piperazine rings is 1. The Kier molecular flexibility index (Phi) is 5.04. The van der Waals surface area contributed by atoms with Crippen LogP contribution in [-0.4, -0.2) is 66.1 Å². The highest BCUT2D eigenvalue weighted by Gasteiger charge is 2.12. The van der Waals surface area contributed by atoms with Crippen molar-refractivity contribution in [1.82, 2.24) is 25.1 Å². The lowest BCUT2D eigenvalue weighted by Crippen LogP contribution is -2.46. The summed E-state index contributed by atoms with van der Waals surface area (Å²) in [5.74, 6) is 0. The fourth-order valence-corrected chi connectivity index (χ4v) is 2.04. The number of hydrogen-bond acceptors (Lipinski definition) is 5. The van der Waals surface area contributed by atoms with Crippen LogP contribution in [0.2, 0.25) is 0 Å². The van der Waals surface area contributed by atoms with Crippen molar-refractivity contribution in [3.63, 3.8) is 0 Å². The third-order valence-electron chi connectivity index (χ3n) is 3.34. The SMILES string of the molecule is Cc1cnc(CNCCN2CCN(C)CC2)cn1. The molecule has 1 aliphatic heterocycles. The molecule has 100 valence electrons. The predicted molar refractivity (Wildman–Crippen MR) is 72.4 cm³/mol. The largest absolute Gasteiger partial charge is 0.310 e. The zero-order valence-electron chi connectivity index (χ0n) is 11.4. The molecule has 0 amide bonds. The van der Waals surface area contributed by atoms with Crippen molar-refractivity contribution in [2.24, 2.45) is 0 Å². The molecule has 0 atom stereocenters. The smallest absolute Gasteiger partial charge is 0.0724 e. The first-order valence-electron chi connectivity index (χ1n) is 6.63. The fourth-order valence-electron chi connectivity index (χ4n) is 2.04. The van der Waals surface area contributed by atoms with Gasteiger partial charge in [0.25, 0.3) is 0 Å². The van der Waals surface area contributed by atoms with Crippen LogP contribution >= 0.6 is 0 Å². The van der Waals surface area contributed by atoms with Crippen LogP contribution in [0.3, 0.4) is 0 Å². The highest BCUT2D eigenvalue weighted by Crippen LogP contribution is 1.98. The average Bonchev–Trinajstić information content (AvgIpc) is 2.39. The van der Waals surface area contributed by atoms with Crippen molar-refractivity contribution in [1.29, 1.82) is 0 Å². The van der Waals surface area contributed by atoms with E-state index in [4.69, 9.17) is 0 Å². The molecule has 2 heterocycles. The summed E-state index contributed by atoms with van der Waals surface area (Å²) in [5.41, 5.74) is 1.98. The first kappa shape index (κ1) is 13.4. The molecule has 0 aromatic carbocycles. The van der Waals surface area contributed by atoms with Crippen molar-refractivity contribution in [2.45, 2.75) is 13.5 Å². The van der Waals surface area contributed by atoms with E-state index in [1.165, 1.54) is 26.2 Å². The Morgan fingerprint density at radius 1 is 1.17 bits per heavy atom. The Labute approximate surface area is 109 Å². The third-order valence-corrected chi connectivity index (χ3v) is 3.34. The van der Waals surface area contributed by atoms with E-state index in [0.717, 1.165) is 31.0 Å². The van der Waals surface area contributed by atoms with Gasteiger partial charge in [0, 0.05) is 58.2 Å². The van der Waals surface area contributed by atoms with Crippen LogP contribution in [0.25, 0.3) is 0 Å². The second-order valence-corrected chi connectivity index (χ2v) is 4.97. The molecule has 0 spiro atoms. The summed E-state index contributed by atoms with van der Waals surface area (Å²) in [6.07, 6.45) is 3.66. The van der Waals surface area contributed by atoms with Gasteiger partial charge in [0.2, 0.25) is 0 Å². The first-order chi connectivity index (χ1) is 8.74. The Morgan fingerprint density at radius 2 is 1.94 bits per heavy atom. The lowest BCUT2D eigenvalue weighted by molar-refractivity contribution is 0.154. The van der Waals surface area contributed by atoms with E-state index >= 15 is 0 Å². The molecule has 2 rings (SSSR count). The van der Waals surface area contributed by atoms with Gasteiger partial charge in [-0.25, -0.2) is 0 Å². The van der Waals surface area contributed by atoms with E-state index in [1.807, 2.05) is 19.3 Å². The zero-order valence-corrected chi connectivity index (χ0v) is 11.4. The second kappa shape index (κ2) is 6.78. The second-order valence-electron chi connectivity index (χ2n) is 4.97. The third kappa shape index (κ3) is 4.33. The maximum Gasteiger partial charge on any atom is 0.0724 e. The molecule has 1 fully saturated rings. The molecule has 0 saturated carbocycles. The normalized spacial score (nSPS) is 18.1. The van der Waals surface area contributed by atoms with Crippen molar-refractivity contribution in [2.75, 3.05) is 46.3 Å². The number of aromatic nitrogens is 2. The van der Waals surface area contributed by atoms with E-state index in [-0.39, 0.29) is 0 Å². The van der Waals surface area contributed by atoms with Gasteiger partial charge in [-0.2, -0.15) is 0 Å². The number of rotatable bonds is 5. The van der Waals surface area contributed by atoms with E-state index in [1.54, 1.807) is 0 Å². The van der Waals surface area contributed by atoms with Crippen LogP contribution in [0.5, 0.6) is 0 Å². The van der Waals surface area contributed by atoms with Gasteiger partial charge in [0.15, 0.2) is 0 Å². The van der Waals surface area contributed by atoms with Gasteiger partial charge < -0.3 is 10.2 Å². The molecule has 1 aliphatic rings. The van der Waals surface area contributed by atoms with Gasteiger partial charge in [-0.3, -0.25) is 14.9 Å². The highest BCUT2D eigenvalue weighted by atomic mass is 15.2. The van der Waals surface area contributed by atoms with Gasteiger partial charge in [0.05, 0.1) is 11.4 Å². The molecule has 0 bridgehead atoms. The van der Waals surface area contributed by atoms with Crippen LogP contribution in [0, 0.1) is 6.92 Å². The fraction of sp³-hybridized carbons (Fsp3) is 0.692. The maximum atomic E-state index is 4.33. The maximum absolute atomic E-state index is 4.33. The summed E-state index contributed by atoms with van der Waals surface area (Å²) in [5, 5.41) is 3.42. The standard InChI is InChI=1S/C13H23N5/c1-12-9-16-13(11-15-12)10-14-3-4-18-7-5-17(2)6-8-18/h9,11,14H,3-8,10H2,1-2H3. The zero-order chi connectivity index (χ0) is 12.8. The van der Waals surface area contributed by atoms with E-state index < -0.39 is 0 Å². The minimum Gasteiger partial charge on any atom is -0.310 e. The molecular formula is C13H23N5. The molecule has 5 heteroatoms. The van der Waals surface area contributed by atoms with Crippen LogP contribution in [0.1, 0.15) is 11.4 Å². The Morgan fingerprint density at radius 3 is 2.61 bits per heavy atom. The quantitative estimate of drug-likeness (QED) is 0.751. The number of aryl methyl sites for hydroxylation is 1. The highest BCUT2D eigenvalue weighted by molar-refractivity contribution is 5.00. The summed E-state index contributed by atoms with van der Waals surface area (Å²) < 4.78 is 0. The summed E-state index contributed by atoms with van der Waals surface area (Å²) in [4.78, 5) is 13.5. The number of likely N-dealkylation sites (N-methyl/N-ethyl adjacent to an activating group) is 1. The molecule has 1 N–H and O–H groups in total. The van der Waals surface area contributed by atoms with E-state index in [0.29, 0.717) is 0 Å². The van der Waals surface area contributed by atoms with Gasteiger partial charge in [0.1, 0.15) is 0 Å². The summed E-state index contributed by atoms with van der Waals surface area (Å²) >= 11 is 0. The van der Waals surface area contributed by atoms with E-state index in [2.05, 4.69) is 32.1 Å². The van der Waals surface area contributed by atoms with Crippen molar-refractivity contribution in [3.8, 4) is 0 Å². The number of nitrogens with one attached hydrogen (secondary N) is 1.